The Morgan fingerprint density at radius 3 is 2.00 bits per heavy atom. The summed E-state index contributed by atoms with van der Waals surface area (Å²) in [5.74, 6) is -2.57. The van der Waals surface area contributed by atoms with Crippen molar-refractivity contribution in [1.29, 1.82) is 0 Å². The molecule has 0 spiro atoms. The number of alkyl halides is 2. The lowest BCUT2D eigenvalue weighted by Gasteiger charge is -2.05. The molecule has 0 heterocycles. The van der Waals surface area contributed by atoms with E-state index in [4.69, 9.17) is 5.73 Å². The van der Waals surface area contributed by atoms with Crippen molar-refractivity contribution in [2.45, 2.75) is 19.3 Å². The van der Waals surface area contributed by atoms with Crippen molar-refractivity contribution in [2.75, 3.05) is 6.54 Å². The van der Waals surface area contributed by atoms with E-state index in [-0.39, 0.29) is 13.0 Å². The first kappa shape index (κ1) is 6.82. The largest absolute Gasteiger partial charge is 0.330 e. The fourth-order valence-electron chi connectivity index (χ4n) is 0.253. The van der Waals surface area contributed by atoms with Crippen LogP contribution >= 0.6 is 0 Å². The van der Waals surface area contributed by atoms with Gasteiger partial charge in [0.15, 0.2) is 0 Å². The monoisotopic (exact) mass is 109 g/mol. The van der Waals surface area contributed by atoms with E-state index in [1.165, 1.54) is 0 Å². The Bertz CT molecular complexity index is 48.1. The van der Waals surface area contributed by atoms with Crippen LogP contribution in [0.1, 0.15) is 13.3 Å². The molecule has 0 aromatic heterocycles. The zero-order chi connectivity index (χ0) is 5.91. The first-order valence-electron chi connectivity index (χ1n) is 2.14. The van der Waals surface area contributed by atoms with E-state index < -0.39 is 5.92 Å². The molecule has 0 aliphatic carbocycles. The molecule has 0 rings (SSSR count). The normalized spacial score (nSPS) is 12.0. The van der Waals surface area contributed by atoms with Gasteiger partial charge in [0, 0.05) is 6.42 Å². The zero-order valence-corrected chi connectivity index (χ0v) is 4.25. The van der Waals surface area contributed by atoms with Gasteiger partial charge in [-0.1, -0.05) is 0 Å². The second kappa shape index (κ2) is 2.21. The number of hydrogen-bond donors (Lipinski definition) is 1. The summed E-state index contributed by atoms with van der Waals surface area (Å²) in [4.78, 5) is 0. The maximum Gasteiger partial charge on any atom is 0.246 e. The molecule has 0 radical (unpaired) electrons. The molecule has 0 fully saturated rings. The molecule has 0 atom stereocenters. The molecule has 0 aliphatic heterocycles. The van der Waals surface area contributed by atoms with E-state index in [1.807, 2.05) is 0 Å². The molecule has 2 N–H and O–H groups in total. The van der Waals surface area contributed by atoms with E-state index >= 15 is 0 Å². The van der Waals surface area contributed by atoms with Crippen LogP contribution in [0.25, 0.3) is 0 Å². The average molecular weight is 109 g/mol. The quantitative estimate of drug-likeness (QED) is 0.562. The van der Waals surface area contributed by atoms with Crippen molar-refractivity contribution in [3.63, 3.8) is 0 Å². The first-order valence-corrected chi connectivity index (χ1v) is 2.14. The maximum absolute atomic E-state index is 11.6. The fraction of sp³-hybridized carbons (Fsp3) is 1.00. The van der Waals surface area contributed by atoms with Crippen LogP contribution in [-0.4, -0.2) is 12.5 Å². The molecule has 0 aromatic rings. The lowest BCUT2D eigenvalue weighted by molar-refractivity contribution is 0.0156. The summed E-state index contributed by atoms with van der Waals surface area (Å²) < 4.78 is 23.3. The summed E-state index contributed by atoms with van der Waals surface area (Å²) in [5.41, 5.74) is 4.83. The molecule has 0 saturated carbocycles. The van der Waals surface area contributed by atoms with Crippen molar-refractivity contribution in [3.8, 4) is 0 Å². The van der Waals surface area contributed by atoms with Crippen molar-refractivity contribution in [1.82, 2.24) is 0 Å². The predicted octanol–water partition coefficient (Wildman–Crippen LogP) is 0.990. The van der Waals surface area contributed by atoms with E-state index in [0.717, 1.165) is 6.92 Å². The highest BCUT2D eigenvalue weighted by atomic mass is 19.3. The maximum atomic E-state index is 11.6. The standard InChI is InChI=1S/C4H9F2N/c1-4(5,6)2-3-7/h2-3,7H2,1H3. The average Bonchev–Trinajstić information content (AvgIpc) is 1.30. The molecular weight excluding hydrogens is 100 g/mol. The molecule has 0 unspecified atom stereocenters. The van der Waals surface area contributed by atoms with E-state index in [1.54, 1.807) is 0 Å². The third-order valence-corrected chi connectivity index (χ3v) is 0.583. The minimum atomic E-state index is -2.57. The van der Waals surface area contributed by atoms with Crippen molar-refractivity contribution in [2.24, 2.45) is 5.73 Å². The Morgan fingerprint density at radius 2 is 2.00 bits per heavy atom. The van der Waals surface area contributed by atoms with Gasteiger partial charge in [0.05, 0.1) is 0 Å². The highest BCUT2D eigenvalue weighted by Gasteiger charge is 2.18. The summed E-state index contributed by atoms with van der Waals surface area (Å²) in [5, 5.41) is 0. The lowest BCUT2D eigenvalue weighted by atomic mass is 10.3. The molecular formula is C4H9F2N. The van der Waals surface area contributed by atoms with Gasteiger partial charge in [-0.15, -0.1) is 0 Å². The number of halogens is 2. The molecule has 7 heavy (non-hydrogen) atoms. The number of hydrogen-bond acceptors (Lipinski definition) is 1. The Balaban J connectivity index is 3.15. The molecule has 0 bridgehead atoms. The fourth-order valence-corrected chi connectivity index (χ4v) is 0.253. The van der Waals surface area contributed by atoms with Crippen molar-refractivity contribution >= 4 is 0 Å². The summed E-state index contributed by atoms with van der Waals surface area (Å²) in [6.07, 6.45) is -0.215. The highest BCUT2D eigenvalue weighted by molar-refractivity contribution is 4.56. The van der Waals surface area contributed by atoms with Crippen LogP contribution in [0.5, 0.6) is 0 Å². The minimum absolute atomic E-state index is 0.0590. The van der Waals surface area contributed by atoms with Gasteiger partial charge < -0.3 is 5.73 Å². The molecule has 3 heteroatoms. The summed E-state index contributed by atoms with van der Waals surface area (Å²) in [6.45, 7) is 0.920. The van der Waals surface area contributed by atoms with Crippen LogP contribution in [-0.2, 0) is 0 Å². The minimum Gasteiger partial charge on any atom is -0.330 e. The zero-order valence-electron chi connectivity index (χ0n) is 4.25. The van der Waals surface area contributed by atoms with E-state index in [2.05, 4.69) is 0 Å². The molecule has 44 valence electrons. The second-order valence-corrected chi connectivity index (χ2v) is 1.61. The van der Waals surface area contributed by atoms with Gasteiger partial charge in [0.25, 0.3) is 0 Å². The van der Waals surface area contributed by atoms with Crippen LogP contribution in [0.4, 0.5) is 8.78 Å². The Morgan fingerprint density at radius 1 is 1.57 bits per heavy atom. The first-order chi connectivity index (χ1) is 3.06. The smallest absolute Gasteiger partial charge is 0.246 e. The summed E-state index contributed by atoms with van der Waals surface area (Å²) >= 11 is 0. The van der Waals surface area contributed by atoms with Gasteiger partial charge in [-0.2, -0.15) is 0 Å². The van der Waals surface area contributed by atoms with Gasteiger partial charge in [0.2, 0.25) is 5.92 Å². The van der Waals surface area contributed by atoms with Crippen LogP contribution < -0.4 is 5.73 Å². The Hall–Kier alpha value is -0.180. The molecule has 0 aliphatic rings. The van der Waals surface area contributed by atoms with Gasteiger partial charge in [-0.25, -0.2) is 8.78 Å². The highest BCUT2D eigenvalue weighted by Crippen LogP contribution is 2.14. The van der Waals surface area contributed by atoms with Gasteiger partial charge in [-0.05, 0) is 13.5 Å². The van der Waals surface area contributed by atoms with Gasteiger partial charge in [0.1, 0.15) is 0 Å². The topological polar surface area (TPSA) is 26.0 Å². The summed E-state index contributed by atoms with van der Waals surface area (Å²) in [7, 11) is 0. The van der Waals surface area contributed by atoms with Crippen LogP contribution in [0.15, 0.2) is 0 Å². The molecule has 1 nitrogen and oxygen atoms in total. The van der Waals surface area contributed by atoms with Crippen LogP contribution in [0, 0.1) is 0 Å². The Labute approximate surface area is 41.5 Å². The molecule has 0 amide bonds. The van der Waals surface area contributed by atoms with Crippen LogP contribution in [0.3, 0.4) is 0 Å². The number of rotatable bonds is 2. The third kappa shape index (κ3) is 5.82. The SMILES string of the molecule is CC(F)(F)CCN. The third-order valence-electron chi connectivity index (χ3n) is 0.583. The van der Waals surface area contributed by atoms with E-state index in [0.29, 0.717) is 0 Å². The van der Waals surface area contributed by atoms with Crippen molar-refractivity contribution in [3.05, 3.63) is 0 Å². The lowest BCUT2D eigenvalue weighted by Crippen LogP contribution is -2.15. The van der Waals surface area contributed by atoms with Gasteiger partial charge in [-0.3, -0.25) is 0 Å². The Kier molecular flexibility index (Phi) is 2.15. The van der Waals surface area contributed by atoms with Crippen LogP contribution in [0.2, 0.25) is 0 Å². The van der Waals surface area contributed by atoms with Gasteiger partial charge >= 0.3 is 0 Å². The van der Waals surface area contributed by atoms with E-state index in [9.17, 15) is 8.78 Å². The number of nitrogens with two attached hydrogens (primary N) is 1. The summed E-state index contributed by atoms with van der Waals surface area (Å²) in [6, 6.07) is 0. The predicted molar refractivity (Wildman–Crippen MR) is 24.3 cm³/mol. The van der Waals surface area contributed by atoms with Crippen molar-refractivity contribution < 1.29 is 8.78 Å². The second-order valence-electron chi connectivity index (χ2n) is 1.61. The molecule has 0 saturated heterocycles. The molecule has 0 aromatic carbocycles.